The van der Waals surface area contributed by atoms with Gasteiger partial charge in [-0.15, -0.1) is 0 Å². The summed E-state index contributed by atoms with van der Waals surface area (Å²) in [5.74, 6) is 0.550. The second-order valence-electron chi connectivity index (χ2n) is 5.70. The van der Waals surface area contributed by atoms with Crippen LogP contribution in [-0.4, -0.2) is 18.0 Å². The van der Waals surface area contributed by atoms with E-state index in [4.69, 9.17) is 27.9 Å². The fraction of sp³-hybridized carbons (Fsp3) is 0.211. The van der Waals surface area contributed by atoms with Crippen LogP contribution < -0.4 is 15.4 Å². The van der Waals surface area contributed by atoms with E-state index < -0.39 is 0 Å². The van der Waals surface area contributed by atoms with Crippen molar-refractivity contribution in [3.8, 4) is 5.75 Å². The van der Waals surface area contributed by atoms with Gasteiger partial charge in [-0.1, -0.05) is 41.0 Å². The Morgan fingerprint density at radius 1 is 1.23 bits per heavy atom. The quantitative estimate of drug-likeness (QED) is 0.658. The molecule has 2 aromatic carbocycles. The van der Waals surface area contributed by atoms with Crippen LogP contribution in [0, 0.1) is 6.92 Å². The molecule has 2 N–H and O–H groups in total. The molecule has 1 fully saturated rings. The fourth-order valence-electron chi connectivity index (χ4n) is 2.52. The first kappa shape index (κ1) is 19.0. The predicted molar refractivity (Wildman–Crippen MR) is 110 cm³/mol. The van der Waals surface area contributed by atoms with Gasteiger partial charge >= 0.3 is 0 Å². The number of halogens is 2. The molecule has 26 heavy (non-hydrogen) atoms. The van der Waals surface area contributed by atoms with Crippen molar-refractivity contribution in [1.82, 2.24) is 5.32 Å². The van der Waals surface area contributed by atoms with E-state index in [0.717, 1.165) is 16.8 Å². The Balaban J connectivity index is 1.81. The summed E-state index contributed by atoms with van der Waals surface area (Å²) in [7, 11) is 0. The summed E-state index contributed by atoms with van der Waals surface area (Å²) in [5.41, 5.74) is 2.43. The molecule has 1 unspecified atom stereocenters. The van der Waals surface area contributed by atoms with Gasteiger partial charge in [0.15, 0.2) is 5.50 Å². The third-order valence-electron chi connectivity index (χ3n) is 3.78. The topological polar surface area (TPSA) is 50.4 Å². The van der Waals surface area contributed by atoms with E-state index >= 15 is 0 Å². The lowest BCUT2D eigenvalue weighted by Crippen LogP contribution is -2.31. The number of hydrogen-bond acceptors (Lipinski definition) is 4. The van der Waals surface area contributed by atoms with Gasteiger partial charge in [0.2, 0.25) is 0 Å². The molecule has 7 heteroatoms. The lowest BCUT2D eigenvalue weighted by Gasteiger charge is -2.15. The van der Waals surface area contributed by atoms with E-state index in [1.165, 1.54) is 11.8 Å². The minimum absolute atomic E-state index is 0.144. The van der Waals surface area contributed by atoms with E-state index in [1.807, 2.05) is 32.0 Å². The van der Waals surface area contributed by atoms with Gasteiger partial charge in [-0.2, -0.15) is 0 Å². The number of nitrogens with one attached hydrogen (secondary N) is 2. The van der Waals surface area contributed by atoms with Crippen LogP contribution in [-0.2, 0) is 4.79 Å². The average Bonchev–Trinajstić information content (AvgIpc) is 2.93. The van der Waals surface area contributed by atoms with Crippen LogP contribution in [0.25, 0.3) is 6.08 Å². The van der Waals surface area contributed by atoms with Gasteiger partial charge in [0.05, 0.1) is 11.5 Å². The molecule has 0 spiro atoms. The lowest BCUT2D eigenvalue weighted by molar-refractivity contribution is -0.116. The fourth-order valence-corrected chi connectivity index (χ4v) is 3.84. The number of carbonyl (C=O) groups is 1. The predicted octanol–water partition coefficient (Wildman–Crippen LogP) is 5.30. The summed E-state index contributed by atoms with van der Waals surface area (Å²) in [6, 6.07) is 11.0. The molecule has 0 bridgehead atoms. The Bertz CT molecular complexity index is 871. The van der Waals surface area contributed by atoms with Crippen molar-refractivity contribution in [3.63, 3.8) is 0 Å². The van der Waals surface area contributed by atoms with Gasteiger partial charge in [0, 0.05) is 21.3 Å². The molecule has 1 aliphatic heterocycles. The first-order chi connectivity index (χ1) is 12.5. The molecular formula is C19H18Cl2N2O2S. The van der Waals surface area contributed by atoms with Crippen LogP contribution in [0.3, 0.4) is 0 Å². The molecule has 0 aliphatic carbocycles. The number of anilines is 1. The molecule has 1 aliphatic rings. The second kappa shape index (κ2) is 8.25. The highest BCUT2D eigenvalue weighted by Crippen LogP contribution is 2.34. The number of hydrogen-bond donors (Lipinski definition) is 2. The molecule has 0 aromatic heterocycles. The maximum Gasteiger partial charge on any atom is 0.260 e. The Morgan fingerprint density at radius 2 is 1.96 bits per heavy atom. The Kier molecular flexibility index (Phi) is 6.01. The number of benzene rings is 2. The highest BCUT2D eigenvalue weighted by molar-refractivity contribution is 8.05. The largest absolute Gasteiger partial charge is 0.493 e. The van der Waals surface area contributed by atoms with Crippen LogP contribution in [0.5, 0.6) is 5.75 Å². The molecule has 1 heterocycles. The van der Waals surface area contributed by atoms with Crippen molar-refractivity contribution in [3.05, 3.63) is 62.5 Å². The highest BCUT2D eigenvalue weighted by Gasteiger charge is 2.27. The molecule has 0 saturated carbocycles. The number of carbonyl (C=O) groups excluding carboxylic acids is 1. The number of ether oxygens (including phenoxy) is 1. The Morgan fingerprint density at radius 3 is 2.73 bits per heavy atom. The molecule has 1 atom stereocenters. The molecule has 136 valence electrons. The van der Waals surface area contributed by atoms with E-state index in [1.54, 1.807) is 24.3 Å². The smallest absolute Gasteiger partial charge is 0.260 e. The summed E-state index contributed by atoms with van der Waals surface area (Å²) in [4.78, 5) is 12.9. The first-order valence-electron chi connectivity index (χ1n) is 8.10. The van der Waals surface area contributed by atoms with Crippen LogP contribution in [0.2, 0.25) is 10.0 Å². The molecular weight excluding hydrogens is 391 g/mol. The molecule has 1 saturated heterocycles. The van der Waals surface area contributed by atoms with Crippen molar-refractivity contribution in [2.45, 2.75) is 19.3 Å². The Hall–Kier alpha value is -1.82. The van der Waals surface area contributed by atoms with Gasteiger partial charge in [-0.3, -0.25) is 4.79 Å². The normalized spacial score (nSPS) is 18.1. The molecule has 2 aromatic rings. The number of thioether (sulfide) groups is 1. The van der Waals surface area contributed by atoms with Crippen molar-refractivity contribution in [2.24, 2.45) is 0 Å². The zero-order valence-electron chi connectivity index (χ0n) is 14.3. The third-order valence-corrected chi connectivity index (χ3v) is 5.27. The third kappa shape index (κ3) is 4.47. The summed E-state index contributed by atoms with van der Waals surface area (Å²) < 4.78 is 5.61. The number of rotatable bonds is 5. The van der Waals surface area contributed by atoms with Crippen LogP contribution in [0.1, 0.15) is 18.1 Å². The molecule has 1 amide bonds. The summed E-state index contributed by atoms with van der Waals surface area (Å²) in [6.45, 7) is 4.43. The van der Waals surface area contributed by atoms with Crippen molar-refractivity contribution in [1.29, 1.82) is 0 Å². The average molecular weight is 409 g/mol. The van der Waals surface area contributed by atoms with Gasteiger partial charge < -0.3 is 15.4 Å². The van der Waals surface area contributed by atoms with Gasteiger partial charge in [0.25, 0.3) is 5.91 Å². The van der Waals surface area contributed by atoms with Crippen molar-refractivity contribution in [2.75, 3.05) is 11.9 Å². The van der Waals surface area contributed by atoms with E-state index in [9.17, 15) is 4.79 Å². The van der Waals surface area contributed by atoms with Gasteiger partial charge in [0.1, 0.15) is 5.75 Å². The van der Waals surface area contributed by atoms with E-state index in [-0.39, 0.29) is 11.4 Å². The maximum atomic E-state index is 12.3. The second-order valence-corrected chi connectivity index (χ2v) is 7.72. The number of amides is 1. The van der Waals surface area contributed by atoms with Crippen molar-refractivity contribution < 1.29 is 9.53 Å². The van der Waals surface area contributed by atoms with E-state index in [0.29, 0.717) is 27.3 Å². The maximum absolute atomic E-state index is 12.3. The minimum Gasteiger partial charge on any atom is -0.493 e. The summed E-state index contributed by atoms with van der Waals surface area (Å²) in [6.07, 6.45) is 1.80. The van der Waals surface area contributed by atoms with Gasteiger partial charge in [-0.25, -0.2) is 0 Å². The summed E-state index contributed by atoms with van der Waals surface area (Å²) in [5, 5.41) is 7.44. The zero-order valence-corrected chi connectivity index (χ0v) is 16.6. The minimum atomic E-state index is -0.277. The Labute approximate surface area is 166 Å². The zero-order chi connectivity index (χ0) is 18.7. The van der Waals surface area contributed by atoms with Crippen LogP contribution in [0.4, 0.5) is 5.69 Å². The SMILES string of the molecule is CCOc1ccc(Cl)cc1/C=C1\SC(Nc2cc(Cl)ccc2C)NC1=O. The highest BCUT2D eigenvalue weighted by atomic mass is 35.5. The van der Waals surface area contributed by atoms with Crippen LogP contribution in [0.15, 0.2) is 41.3 Å². The molecule has 3 rings (SSSR count). The van der Waals surface area contributed by atoms with E-state index in [2.05, 4.69) is 10.6 Å². The standard InChI is InChI=1S/C19H18Cl2N2O2S/c1-3-25-16-7-6-13(20)8-12(16)9-17-18(24)23-19(26-17)22-15-10-14(21)5-4-11(15)2/h4-10,19,22H,3H2,1-2H3,(H,23,24)/b17-9-. The molecule has 0 radical (unpaired) electrons. The lowest BCUT2D eigenvalue weighted by atomic mass is 10.2. The molecule has 4 nitrogen and oxygen atoms in total. The van der Waals surface area contributed by atoms with Gasteiger partial charge in [-0.05, 0) is 55.8 Å². The number of aryl methyl sites for hydroxylation is 1. The first-order valence-corrected chi connectivity index (χ1v) is 9.74. The van der Waals surface area contributed by atoms with Crippen LogP contribution >= 0.6 is 35.0 Å². The monoisotopic (exact) mass is 408 g/mol. The summed E-state index contributed by atoms with van der Waals surface area (Å²) >= 11 is 13.6. The van der Waals surface area contributed by atoms with Crippen molar-refractivity contribution >= 4 is 52.6 Å².